The number of rotatable bonds is 5. The molecule has 7 heteroatoms. The number of carbonyl (C=O) groups is 2. The number of aryl methyl sites for hydroxylation is 1. The Hall–Kier alpha value is -2.90. The lowest BCUT2D eigenvalue weighted by atomic mass is 10.0. The number of carbonyl (C=O) groups excluding carboxylic acids is 2. The summed E-state index contributed by atoms with van der Waals surface area (Å²) in [6, 6.07) is 17.2. The van der Waals surface area contributed by atoms with Crippen molar-refractivity contribution in [2.75, 3.05) is 18.6 Å². The summed E-state index contributed by atoms with van der Waals surface area (Å²) in [5.74, 6) is 0.228. The second-order valence-electron chi connectivity index (χ2n) is 7.53. The SMILES string of the molecule is COc1ccc2cc(Br)ccc2c1CN1C(=O)C(NC(=O)CN)CCc2ccccc21. The van der Waals surface area contributed by atoms with Crippen LogP contribution in [0, 0.1) is 0 Å². The Bertz CT molecular complexity index is 1150. The van der Waals surface area contributed by atoms with Crippen LogP contribution in [0.3, 0.4) is 0 Å². The lowest BCUT2D eigenvalue weighted by Gasteiger charge is -2.27. The zero-order chi connectivity index (χ0) is 22.0. The van der Waals surface area contributed by atoms with Gasteiger partial charge in [0.15, 0.2) is 0 Å². The van der Waals surface area contributed by atoms with E-state index in [0.717, 1.165) is 32.1 Å². The molecular weight excluding hydrogens is 458 g/mol. The van der Waals surface area contributed by atoms with Crippen molar-refractivity contribution in [3.8, 4) is 5.75 Å². The summed E-state index contributed by atoms with van der Waals surface area (Å²) >= 11 is 3.52. The van der Waals surface area contributed by atoms with Gasteiger partial charge in [-0.15, -0.1) is 0 Å². The van der Waals surface area contributed by atoms with Crippen molar-refractivity contribution < 1.29 is 14.3 Å². The van der Waals surface area contributed by atoms with Gasteiger partial charge in [-0.3, -0.25) is 9.59 Å². The Balaban J connectivity index is 1.81. The van der Waals surface area contributed by atoms with Crippen LogP contribution in [0.2, 0.25) is 0 Å². The summed E-state index contributed by atoms with van der Waals surface area (Å²) in [4.78, 5) is 27.3. The van der Waals surface area contributed by atoms with E-state index in [4.69, 9.17) is 10.5 Å². The van der Waals surface area contributed by atoms with Crippen molar-refractivity contribution in [2.24, 2.45) is 5.73 Å². The molecule has 4 rings (SSSR count). The van der Waals surface area contributed by atoms with Gasteiger partial charge < -0.3 is 20.7 Å². The zero-order valence-electron chi connectivity index (χ0n) is 17.2. The first-order chi connectivity index (χ1) is 15.0. The average molecular weight is 482 g/mol. The summed E-state index contributed by atoms with van der Waals surface area (Å²) in [6.07, 6.45) is 1.21. The van der Waals surface area contributed by atoms with Gasteiger partial charge in [0.1, 0.15) is 11.8 Å². The van der Waals surface area contributed by atoms with Crippen LogP contribution < -0.4 is 20.7 Å². The maximum Gasteiger partial charge on any atom is 0.249 e. The third-order valence-corrected chi connectivity index (χ3v) is 6.15. The quantitative estimate of drug-likeness (QED) is 0.583. The zero-order valence-corrected chi connectivity index (χ0v) is 18.8. The molecule has 1 atom stereocenters. The van der Waals surface area contributed by atoms with Gasteiger partial charge in [-0.2, -0.15) is 0 Å². The van der Waals surface area contributed by atoms with E-state index >= 15 is 0 Å². The maximum absolute atomic E-state index is 13.6. The van der Waals surface area contributed by atoms with Crippen LogP contribution >= 0.6 is 15.9 Å². The number of benzene rings is 3. The lowest BCUT2D eigenvalue weighted by molar-refractivity contribution is -0.127. The fourth-order valence-electron chi connectivity index (χ4n) is 4.12. The smallest absolute Gasteiger partial charge is 0.249 e. The van der Waals surface area contributed by atoms with Gasteiger partial charge in [0, 0.05) is 15.7 Å². The van der Waals surface area contributed by atoms with Crippen molar-refractivity contribution >= 4 is 44.2 Å². The third kappa shape index (κ3) is 4.29. The van der Waals surface area contributed by atoms with Crippen LogP contribution in [-0.2, 0) is 22.6 Å². The fourth-order valence-corrected chi connectivity index (χ4v) is 4.50. The Labute approximate surface area is 189 Å². The van der Waals surface area contributed by atoms with Crippen LogP contribution in [0.4, 0.5) is 5.69 Å². The molecule has 1 unspecified atom stereocenters. The van der Waals surface area contributed by atoms with Crippen LogP contribution in [0.25, 0.3) is 10.8 Å². The molecular formula is C24H24BrN3O3. The highest BCUT2D eigenvalue weighted by molar-refractivity contribution is 9.10. The number of nitrogens with two attached hydrogens (primary N) is 1. The Morgan fingerprint density at radius 2 is 2.03 bits per heavy atom. The van der Waals surface area contributed by atoms with E-state index in [-0.39, 0.29) is 18.4 Å². The molecule has 31 heavy (non-hydrogen) atoms. The minimum atomic E-state index is -0.626. The summed E-state index contributed by atoms with van der Waals surface area (Å²) in [7, 11) is 1.63. The van der Waals surface area contributed by atoms with Crippen LogP contribution in [0.15, 0.2) is 59.1 Å². The molecule has 160 valence electrons. The minimum Gasteiger partial charge on any atom is -0.496 e. The Kier molecular flexibility index (Phi) is 6.25. The summed E-state index contributed by atoms with van der Waals surface area (Å²) < 4.78 is 6.64. The van der Waals surface area contributed by atoms with Crippen molar-refractivity contribution in [1.29, 1.82) is 0 Å². The summed E-state index contributed by atoms with van der Waals surface area (Å²) in [5.41, 5.74) is 8.32. The molecule has 1 aliphatic heterocycles. The van der Waals surface area contributed by atoms with E-state index < -0.39 is 6.04 Å². The fraction of sp³-hybridized carbons (Fsp3) is 0.250. The molecule has 3 aromatic carbocycles. The summed E-state index contributed by atoms with van der Waals surface area (Å²) in [5, 5.41) is 4.85. The maximum atomic E-state index is 13.6. The second kappa shape index (κ2) is 9.08. The molecule has 0 radical (unpaired) electrons. The molecule has 2 amide bonds. The van der Waals surface area contributed by atoms with Gasteiger partial charge in [-0.1, -0.05) is 46.3 Å². The van der Waals surface area contributed by atoms with Crippen molar-refractivity contribution in [1.82, 2.24) is 5.32 Å². The lowest BCUT2D eigenvalue weighted by Crippen LogP contribution is -2.49. The number of para-hydroxylation sites is 1. The monoisotopic (exact) mass is 481 g/mol. The molecule has 0 saturated carbocycles. The molecule has 1 aliphatic rings. The van der Waals surface area contributed by atoms with E-state index in [0.29, 0.717) is 25.1 Å². The number of ether oxygens (including phenoxy) is 1. The van der Waals surface area contributed by atoms with Gasteiger partial charge in [0.2, 0.25) is 11.8 Å². The van der Waals surface area contributed by atoms with Gasteiger partial charge in [-0.25, -0.2) is 0 Å². The second-order valence-corrected chi connectivity index (χ2v) is 8.44. The van der Waals surface area contributed by atoms with E-state index in [9.17, 15) is 9.59 Å². The van der Waals surface area contributed by atoms with E-state index in [1.165, 1.54) is 0 Å². The number of nitrogens with zero attached hydrogens (tertiary/aromatic N) is 1. The van der Waals surface area contributed by atoms with Crippen molar-refractivity contribution in [3.05, 3.63) is 70.2 Å². The molecule has 3 aromatic rings. The van der Waals surface area contributed by atoms with E-state index in [1.54, 1.807) is 12.0 Å². The van der Waals surface area contributed by atoms with Crippen LogP contribution in [-0.4, -0.2) is 31.5 Å². The number of amides is 2. The van der Waals surface area contributed by atoms with Gasteiger partial charge >= 0.3 is 0 Å². The highest BCUT2D eigenvalue weighted by Gasteiger charge is 2.32. The highest BCUT2D eigenvalue weighted by atomic mass is 79.9. The number of anilines is 1. The first-order valence-corrected chi connectivity index (χ1v) is 10.9. The Morgan fingerprint density at radius 1 is 1.23 bits per heavy atom. The predicted octanol–water partition coefficient (Wildman–Crippen LogP) is 3.53. The molecule has 0 spiro atoms. The van der Waals surface area contributed by atoms with Crippen molar-refractivity contribution in [2.45, 2.75) is 25.4 Å². The predicted molar refractivity (Wildman–Crippen MR) is 125 cm³/mol. The van der Waals surface area contributed by atoms with E-state index in [1.807, 2.05) is 54.6 Å². The molecule has 0 aliphatic carbocycles. The third-order valence-electron chi connectivity index (χ3n) is 5.66. The molecule has 1 heterocycles. The average Bonchev–Trinajstić information content (AvgIpc) is 2.91. The number of halogens is 1. The number of fused-ring (bicyclic) bond motifs is 2. The topological polar surface area (TPSA) is 84.7 Å². The molecule has 0 aromatic heterocycles. The van der Waals surface area contributed by atoms with E-state index in [2.05, 4.69) is 21.2 Å². The van der Waals surface area contributed by atoms with Gasteiger partial charge in [0.25, 0.3) is 0 Å². The number of methoxy groups -OCH3 is 1. The first-order valence-electron chi connectivity index (χ1n) is 10.2. The first kappa shape index (κ1) is 21.3. The molecule has 0 bridgehead atoms. The molecule has 0 saturated heterocycles. The largest absolute Gasteiger partial charge is 0.496 e. The molecule has 0 fully saturated rings. The van der Waals surface area contributed by atoms with Gasteiger partial charge in [0.05, 0.1) is 20.2 Å². The van der Waals surface area contributed by atoms with Crippen LogP contribution in [0.5, 0.6) is 5.75 Å². The normalized spacial score (nSPS) is 16.0. The Morgan fingerprint density at radius 3 is 2.81 bits per heavy atom. The standard InChI is InChI=1S/C24H24BrN3O3/c1-31-22-11-7-16-12-17(25)8-9-18(16)19(22)14-28-21-5-3-2-4-15(21)6-10-20(24(28)30)27-23(29)13-26/h2-5,7-9,11-12,20H,6,10,13-14,26H2,1H3,(H,27,29). The minimum absolute atomic E-state index is 0.150. The molecule has 6 nitrogen and oxygen atoms in total. The summed E-state index contributed by atoms with van der Waals surface area (Å²) in [6.45, 7) is 0.176. The van der Waals surface area contributed by atoms with Gasteiger partial charge in [-0.05, 0) is 53.4 Å². The van der Waals surface area contributed by atoms with Crippen molar-refractivity contribution in [3.63, 3.8) is 0 Å². The highest BCUT2D eigenvalue weighted by Crippen LogP contribution is 2.34. The molecule has 3 N–H and O–H groups in total. The number of hydrogen-bond donors (Lipinski definition) is 2. The number of hydrogen-bond acceptors (Lipinski definition) is 4. The number of nitrogens with one attached hydrogen (secondary N) is 1. The van der Waals surface area contributed by atoms with Crippen LogP contribution in [0.1, 0.15) is 17.5 Å².